The third-order valence-electron chi connectivity index (χ3n) is 2.95. The Hall–Kier alpha value is -2.26. The maximum Gasteiger partial charge on any atom is 0.312 e. The van der Waals surface area contributed by atoms with Gasteiger partial charge in [0.15, 0.2) is 6.61 Å². The highest BCUT2D eigenvalue weighted by Gasteiger charge is 2.13. The van der Waals surface area contributed by atoms with Crippen LogP contribution in [0.1, 0.15) is 5.69 Å². The van der Waals surface area contributed by atoms with Gasteiger partial charge in [0.05, 0.1) is 18.7 Å². The number of esters is 1. The van der Waals surface area contributed by atoms with Crippen molar-refractivity contribution >= 4 is 40.5 Å². The molecular formula is C15H17N3O4S2. The molecule has 0 aliphatic carbocycles. The number of aromatic nitrogens is 1. The van der Waals surface area contributed by atoms with Gasteiger partial charge in [-0.3, -0.25) is 14.4 Å². The molecule has 128 valence electrons. The number of carbonyl (C=O) groups is 3. The zero-order chi connectivity index (χ0) is 17.5. The zero-order valence-electron chi connectivity index (χ0n) is 13.3. The fraction of sp³-hybridized carbons (Fsp3) is 0.333. The van der Waals surface area contributed by atoms with Crippen LogP contribution in [-0.4, -0.2) is 54.9 Å². The first-order chi connectivity index (χ1) is 11.5. The summed E-state index contributed by atoms with van der Waals surface area (Å²) in [4.78, 5) is 40.3. The van der Waals surface area contributed by atoms with Gasteiger partial charge in [0, 0.05) is 30.4 Å². The molecule has 0 saturated carbocycles. The van der Waals surface area contributed by atoms with Crippen LogP contribution in [0, 0.1) is 0 Å². The quantitative estimate of drug-likeness (QED) is 0.742. The second kappa shape index (κ2) is 8.55. The number of carbonyl (C=O) groups excluding carboxylic acids is 3. The van der Waals surface area contributed by atoms with E-state index >= 15 is 0 Å². The van der Waals surface area contributed by atoms with Crippen molar-refractivity contribution in [2.24, 2.45) is 0 Å². The Bertz CT molecular complexity index is 710. The number of likely N-dealkylation sites (N-methyl/N-ethyl adjacent to an activating group) is 1. The largest absolute Gasteiger partial charge is 0.455 e. The van der Waals surface area contributed by atoms with E-state index in [9.17, 15) is 14.4 Å². The Morgan fingerprint density at radius 3 is 2.75 bits per heavy atom. The summed E-state index contributed by atoms with van der Waals surface area (Å²) >= 11 is 3.03. The third kappa shape index (κ3) is 5.43. The molecule has 2 amide bonds. The molecule has 0 radical (unpaired) electrons. The second-order valence-corrected chi connectivity index (χ2v) is 6.70. The molecule has 0 spiro atoms. The summed E-state index contributed by atoms with van der Waals surface area (Å²) in [6, 6.07) is 1.96. The maximum absolute atomic E-state index is 11.7. The normalized spacial score (nSPS) is 10.2. The molecule has 7 nitrogen and oxygen atoms in total. The molecular weight excluding hydrogens is 350 g/mol. The van der Waals surface area contributed by atoms with Gasteiger partial charge < -0.3 is 15.0 Å². The van der Waals surface area contributed by atoms with Crippen LogP contribution in [0.2, 0.25) is 0 Å². The van der Waals surface area contributed by atoms with E-state index < -0.39 is 18.5 Å². The van der Waals surface area contributed by atoms with Crippen LogP contribution in [0.15, 0.2) is 22.2 Å². The number of hydrogen-bond acceptors (Lipinski definition) is 7. The summed E-state index contributed by atoms with van der Waals surface area (Å²) in [5.41, 5.74) is 1.63. The summed E-state index contributed by atoms with van der Waals surface area (Å²) in [7, 11) is 3.18. The van der Waals surface area contributed by atoms with Crippen LogP contribution < -0.4 is 5.32 Å². The first-order valence-electron chi connectivity index (χ1n) is 7.05. The molecule has 0 aliphatic rings. The van der Waals surface area contributed by atoms with E-state index in [-0.39, 0.29) is 18.9 Å². The lowest BCUT2D eigenvalue weighted by Crippen LogP contribution is -2.38. The van der Waals surface area contributed by atoms with Crippen LogP contribution >= 0.6 is 22.7 Å². The summed E-state index contributed by atoms with van der Waals surface area (Å²) in [6.45, 7) is -0.541. The Kier molecular flexibility index (Phi) is 6.44. The summed E-state index contributed by atoms with van der Waals surface area (Å²) in [5, 5.41) is 8.98. The van der Waals surface area contributed by atoms with E-state index in [1.54, 1.807) is 30.8 Å². The van der Waals surface area contributed by atoms with E-state index in [4.69, 9.17) is 4.74 Å². The van der Waals surface area contributed by atoms with Crippen molar-refractivity contribution in [2.45, 2.75) is 6.42 Å². The van der Waals surface area contributed by atoms with Crippen LogP contribution in [0.4, 0.5) is 0 Å². The highest BCUT2D eigenvalue weighted by molar-refractivity contribution is 7.14. The predicted octanol–water partition coefficient (Wildman–Crippen LogP) is 1.16. The van der Waals surface area contributed by atoms with Gasteiger partial charge in [-0.1, -0.05) is 0 Å². The van der Waals surface area contributed by atoms with Gasteiger partial charge in [-0.2, -0.15) is 11.3 Å². The van der Waals surface area contributed by atoms with Gasteiger partial charge >= 0.3 is 5.97 Å². The van der Waals surface area contributed by atoms with E-state index in [2.05, 4.69) is 10.3 Å². The van der Waals surface area contributed by atoms with Crippen molar-refractivity contribution in [3.8, 4) is 10.6 Å². The molecule has 0 fully saturated rings. The molecule has 2 aromatic rings. The Morgan fingerprint density at radius 1 is 1.29 bits per heavy atom. The Labute approximate surface area is 147 Å². The first kappa shape index (κ1) is 18.1. The topological polar surface area (TPSA) is 88.6 Å². The van der Waals surface area contributed by atoms with Gasteiger partial charge in [0.2, 0.25) is 5.91 Å². The van der Waals surface area contributed by atoms with Crippen LogP contribution in [0.3, 0.4) is 0 Å². The minimum atomic E-state index is -0.536. The highest BCUT2D eigenvalue weighted by atomic mass is 32.1. The lowest BCUT2D eigenvalue weighted by Gasteiger charge is -2.10. The van der Waals surface area contributed by atoms with Gasteiger partial charge in [0.25, 0.3) is 5.91 Å². The first-order valence-corrected chi connectivity index (χ1v) is 8.87. The fourth-order valence-corrected chi connectivity index (χ4v) is 3.17. The number of thiazole rings is 1. The molecule has 0 bridgehead atoms. The molecule has 0 aliphatic heterocycles. The van der Waals surface area contributed by atoms with Crippen molar-refractivity contribution < 1.29 is 19.1 Å². The van der Waals surface area contributed by atoms with Gasteiger partial charge in [0.1, 0.15) is 5.01 Å². The molecule has 2 heterocycles. The minimum absolute atomic E-state index is 0.00451. The van der Waals surface area contributed by atoms with Gasteiger partial charge in [-0.25, -0.2) is 4.98 Å². The summed E-state index contributed by atoms with van der Waals surface area (Å²) < 4.78 is 4.89. The van der Waals surface area contributed by atoms with Crippen LogP contribution in [0.25, 0.3) is 10.6 Å². The molecule has 0 saturated heterocycles. The number of amides is 2. The number of thiophene rings is 1. The molecule has 1 N–H and O–H groups in total. The standard InChI is InChI=1S/C15H17N3O4S2/c1-18(2)13(20)6-16-12(19)7-22-14(21)5-11-9-24-15(17-11)10-3-4-23-8-10/h3-4,8-9H,5-7H2,1-2H3,(H,16,19). The number of nitrogens with zero attached hydrogens (tertiary/aromatic N) is 2. The SMILES string of the molecule is CN(C)C(=O)CNC(=O)COC(=O)Cc1csc(-c2ccsc2)n1. The fourth-order valence-electron chi connectivity index (χ4n) is 1.64. The van der Waals surface area contributed by atoms with Crippen LogP contribution in [-0.2, 0) is 25.5 Å². The maximum atomic E-state index is 11.7. The van der Waals surface area contributed by atoms with E-state index in [1.165, 1.54) is 16.2 Å². The van der Waals surface area contributed by atoms with E-state index in [0.29, 0.717) is 5.69 Å². The summed E-state index contributed by atoms with van der Waals surface area (Å²) in [6.07, 6.45) is 0.00451. The Morgan fingerprint density at radius 2 is 2.08 bits per heavy atom. The average molecular weight is 367 g/mol. The molecule has 24 heavy (non-hydrogen) atoms. The lowest BCUT2D eigenvalue weighted by molar-refractivity contribution is -0.148. The third-order valence-corrected chi connectivity index (χ3v) is 4.57. The van der Waals surface area contributed by atoms with Crippen molar-refractivity contribution in [1.29, 1.82) is 0 Å². The zero-order valence-corrected chi connectivity index (χ0v) is 14.9. The van der Waals surface area contributed by atoms with Crippen molar-refractivity contribution in [1.82, 2.24) is 15.2 Å². The highest BCUT2D eigenvalue weighted by Crippen LogP contribution is 2.25. The van der Waals surface area contributed by atoms with Crippen molar-refractivity contribution in [3.05, 3.63) is 27.9 Å². The molecule has 0 aromatic carbocycles. The molecule has 2 aromatic heterocycles. The number of rotatable bonds is 7. The Balaban J connectivity index is 1.73. The second-order valence-electron chi connectivity index (χ2n) is 5.06. The average Bonchev–Trinajstić information content (AvgIpc) is 3.21. The molecule has 0 unspecified atom stereocenters. The van der Waals surface area contributed by atoms with E-state index in [0.717, 1.165) is 10.6 Å². The molecule has 0 atom stereocenters. The smallest absolute Gasteiger partial charge is 0.312 e. The molecule has 2 rings (SSSR count). The predicted molar refractivity (Wildman–Crippen MR) is 91.8 cm³/mol. The monoisotopic (exact) mass is 367 g/mol. The number of nitrogens with one attached hydrogen (secondary N) is 1. The number of hydrogen-bond donors (Lipinski definition) is 1. The summed E-state index contributed by atoms with van der Waals surface area (Å²) in [5.74, 6) is -1.29. The van der Waals surface area contributed by atoms with Gasteiger partial charge in [-0.15, -0.1) is 11.3 Å². The van der Waals surface area contributed by atoms with Crippen molar-refractivity contribution in [3.63, 3.8) is 0 Å². The molecule has 9 heteroatoms. The lowest BCUT2D eigenvalue weighted by atomic mass is 10.3. The number of ether oxygens (including phenoxy) is 1. The minimum Gasteiger partial charge on any atom is -0.455 e. The van der Waals surface area contributed by atoms with Crippen molar-refractivity contribution in [2.75, 3.05) is 27.2 Å². The van der Waals surface area contributed by atoms with Gasteiger partial charge in [-0.05, 0) is 11.4 Å². The van der Waals surface area contributed by atoms with E-state index in [1.807, 2.05) is 16.8 Å². The van der Waals surface area contributed by atoms with Crippen LogP contribution in [0.5, 0.6) is 0 Å².